The number of rotatable bonds is 3. The fourth-order valence-electron chi connectivity index (χ4n) is 2.25. The molecule has 1 aromatic carbocycles. The van der Waals surface area contributed by atoms with E-state index in [0.717, 1.165) is 25.6 Å². The number of anilines is 1. The Balaban J connectivity index is 1.75. The van der Waals surface area contributed by atoms with Crippen LogP contribution in [0.2, 0.25) is 10.0 Å². The molecule has 0 saturated heterocycles. The number of benzene rings is 1. The number of thiophene rings is 1. The van der Waals surface area contributed by atoms with E-state index in [1.807, 2.05) is 18.2 Å². The largest absolute Gasteiger partial charge is 0.336 e. The molecule has 21 heavy (non-hydrogen) atoms. The van der Waals surface area contributed by atoms with Gasteiger partial charge in [0.25, 0.3) is 0 Å². The lowest BCUT2D eigenvalue weighted by molar-refractivity contribution is 0.455. The monoisotopic (exact) mass is 339 g/mol. The number of hydrogen-bond donors (Lipinski definition) is 1. The quantitative estimate of drug-likeness (QED) is 0.881. The SMILES string of the molecule is Cc1csc(CN2CCN=C2Nc2c(Cl)cccc2Cl)c1. The first-order valence-electron chi connectivity index (χ1n) is 6.68. The van der Waals surface area contributed by atoms with Crippen molar-refractivity contribution in [2.24, 2.45) is 4.99 Å². The Morgan fingerprint density at radius 1 is 1.33 bits per heavy atom. The molecule has 6 heteroatoms. The van der Waals surface area contributed by atoms with E-state index < -0.39 is 0 Å². The number of nitrogens with one attached hydrogen (secondary N) is 1. The van der Waals surface area contributed by atoms with Crippen molar-refractivity contribution in [1.29, 1.82) is 0 Å². The van der Waals surface area contributed by atoms with E-state index in [9.17, 15) is 0 Å². The predicted molar refractivity (Wildman–Crippen MR) is 91.9 cm³/mol. The molecule has 1 aliphatic rings. The maximum Gasteiger partial charge on any atom is 0.199 e. The third kappa shape index (κ3) is 3.34. The molecule has 0 fully saturated rings. The van der Waals surface area contributed by atoms with Crippen LogP contribution in [0, 0.1) is 6.92 Å². The van der Waals surface area contributed by atoms with Gasteiger partial charge in [0.1, 0.15) is 0 Å². The first kappa shape index (κ1) is 14.7. The highest BCUT2D eigenvalue weighted by Crippen LogP contribution is 2.30. The van der Waals surface area contributed by atoms with Gasteiger partial charge in [0.2, 0.25) is 0 Å². The lowest BCUT2D eigenvalue weighted by atomic mass is 10.3. The second-order valence-corrected chi connectivity index (χ2v) is 6.75. The highest BCUT2D eigenvalue weighted by atomic mass is 35.5. The second kappa shape index (κ2) is 6.26. The van der Waals surface area contributed by atoms with E-state index in [-0.39, 0.29) is 0 Å². The van der Waals surface area contributed by atoms with Gasteiger partial charge in [-0.1, -0.05) is 29.3 Å². The van der Waals surface area contributed by atoms with Crippen LogP contribution in [0.15, 0.2) is 34.6 Å². The molecule has 1 aliphatic heterocycles. The molecule has 0 radical (unpaired) electrons. The van der Waals surface area contributed by atoms with Gasteiger partial charge in [0, 0.05) is 11.4 Å². The van der Waals surface area contributed by atoms with E-state index in [1.54, 1.807) is 11.3 Å². The number of guanidine groups is 1. The maximum absolute atomic E-state index is 6.20. The molecule has 0 spiro atoms. The summed E-state index contributed by atoms with van der Waals surface area (Å²) in [5.41, 5.74) is 2.02. The molecular weight excluding hydrogens is 325 g/mol. The third-order valence-electron chi connectivity index (χ3n) is 3.26. The number of halogens is 2. The van der Waals surface area contributed by atoms with E-state index in [1.165, 1.54) is 10.4 Å². The summed E-state index contributed by atoms with van der Waals surface area (Å²) >= 11 is 14.2. The van der Waals surface area contributed by atoms with Gasteiger partial charge in [-0.15, -0.1) is 11.3 Å². The molecule has 3 nitrogen and oxygen atoms in total. The van der Waals surface area contributed by atoms with Gasteiger partial charge in [-0.3, -0.25) is 4.99 Å². The summed E-state index contributed by atoms with van der Waals surface area (Å²) in [5, 5.41) is 6.64. The molecule has 0 aliphatic carbocycles. The molecule has 1 N–H and O–H groups in total. The van der Waals surface area contributed by atoms with Crippen LogP contribution < -0.4 is 5.32 Å². The number of nitrogens with zero attached hydrogens (tertiary/aromatic N) is 2. The minimum Gasteiger partial charge on any atom is -0.336 e. The summed E-state index contributed by atoms with van der Waals surface area (Å²) in [5.74, 6) is 0.830. The lowest BCUT2D eigenvalue weighted by Crippen LogP contribution is -2.32. The van der Waals surface area contributed by atoms with Crippen LogP contribution in [0.4, 0.5) is 5.69 Å². The van der Waals surface area contributed by atoms with Crippen LogP contribution in [-0.2, 0) is 6.54 Å². The molecule has 0 saturated carbocycles. The fourth-order valence-corrected chi connectivity index (χ4v) is 3.63. The van der Waals surface area contributed by atoms with Crippen LogP contribution in [0.25, 0.3) is 0 Å². The smallest absolute Gasteiger partial charge is 0.199 e. The summed E-state index contributed by atoms with van der Waals surface area (Å²) in [7, 11) is 0. The van der Waals surface area contributed by atoms with Gasteiger partial charge in [-0.2, -0.15) is 0 Å². The van der Waals surface area contributed by atoms with Crippen molar-refractivity contribution in [3.63, 3.8) is 0 Å². The highest BCUT2D eigenvalue weighted by molar-refractivity contribution is 7.10. The van der Waals surface area contributed by atoms with Crippen molar-refractivity contribution in [3.05, 3.63) is 50.1 Å². The van der Waals surface area contributed by atoms with Gasteiger partial charge in [-0.05, 0) is 36.1 Å². The van der Waals surface area contributed by atoms with Gasteiger partial charge >= 0.3 is 0 Å². The van der Waals surface area contributed by atoms with Crippen LogP contribution in [0.5, 0.6) is 0 Å². The Bertz CT molecular complexity index is 661. The Labute approximate surface area is 138 Å². The van der Waals surface area contributed by atoms with Crippen LogP contribution in [0.3, 0.4) is 0 Å². The molecule has 0 bridgehead atoms. The Morgan fingerprint density at radius 3 is 2.76 bits per heavy atom. The minimum absolute atomic E-state index is 0.601. The van der Waals surface area contributed by atoms with Crippen molar-refractivity contribution in [1.82, 2.24) is 4.90 Å². The van der Waals surface area contributed by atoms with Crippen molar-refractivity contribution in [2.75, 3.05) is 18.4 Å². The third-order valence-corrected chi connectivity index (χ3v) is 4.93. The van der Waals surface area contributed by atoms with Crippen LogP contribution >= 0.6 is 34.5 Å². The highest BCUT2D eigenvalue weighted by Gasteiger charge is 2.19. The van der Waals surface area contributed by atoms with Gasteiger partial charge < -0.3 is 10.2 Å². The molecule has 2 aromatic rings. The maximum atomic E-state index is 6.20. The summed E-state index contributed by atoms with van der Waals surface area (Å²) < 4.78 is 0. The van der Waals surface area contributed by atoms with E-state index in [4.69, 9.17) is 23.2 Å². The molecule has 110 valence electrons. The molecule has 2 heterocycles. The fraction of sp³-hybridized carbons (Fsp3) is 0.267. The molecule has 3 rings (SSSR count). The molecule has 0 unspecified atom stereocenters. The topological polar surface area (TPSA) is 27.6 Å². The number of aliphatic imine (C=N–C) groups is 1. The summed E-state index contributed by atoms with van der Waals surface area (Å²) in [6, 6.07) is 7.68. The zero-order chi connectivity index (χ0) is 14.8. The first-order valence-corrected chi connectivity index (χ1v) is 8.31. The van der Waals surface area contributed by atoms with Crippen LogP contribution in [-0.4, -0.2) is 23.9 Å². The summed E-state index contributed by atoms with van der Waals surface area (Å²) in [6.45, 7) is 4.66. The summed E-state index contributed by atoms with van der Waals surface area (Å²) in [4.78, 5) is 8.06. The number of aryl methyl sites for hydroxylation is 1. The molecule has 0 atom stereocenters. The number of para-hydroxylation sites is 1. The number of hydrogen-bond acceptors (Lipinski definition) is 4. The molecule has 0 amide bonds. The van der Waals surface area contributed by atoms with E-state index in [0.29, 0.717) is 15.7 Å². The van der Waals surface area contributed by atoms with Crippen molar-refractivity contribution >= 4 is 46.2 Å². The van der Waals surface area contributed by atoms with Crippen molar-refractivity contribution < 1.29 is 0 Å². The summed E-state index contributed by atoms with van der Waals surface area (Å²) in [6.07, 6.45) is 0. The average molecular weight is 340 g/mol. The zero-order valence-corrected chi connectivity index (χ0v) is 13.9. The van der Waals surface area contributed by atoms with Gasteiger partial charge in [0.05, 0.1) is 28.8 Å². The first-order chi connectivity index (χ1) is 10.1. The predicted octanol–water partition coefficient (Wildman–Crippen LogP) is 4.65. The van der Waals surface area contributed by atoms with Gasteiger partial charge in [0.15, 0.2) is 5.96 Å². The lowest BCUT2D eigenvalue weighted by Gasteiger charge is -2.21. The van der Waals surface area contributed by atoms with Crippen molar-refractivity contribution in [3.8, 4) is 0 Å². The minimum atomic E-state index is 0.601. The normalized spacial score (nSPS) is 14.4. The van der Waals surface area contributed by atoms with E-state index >= 15 is 0 Å². The Hall–Kier alpha value is -1.23. The zero-order valence-electron chi connectivity index (χ0n) is 11.6. The Morgan fingerprint density at radius 2 is 2.10 bits per heavy atom. The average Bonchev–Trinajstić information content (AvgIpc) is 3.04. The molecular formula is C15H15Cl2N3S. The second-order valence-electron chi connectivity index (χ2n) is 4.94. The van der Waals surface area contributed by atoms with Gasteiger partial charge in [-0.25, -0.2) is 0 Å². The molecule has 1 aromatic heterocycles. The van der Waals surface area contributed by atoms with E-state index in [2.05, 4.69) is 33.6 Å². The standard InChI is InChI=1S/C15H15Cl2N3S/c1-10-7-11(21-9-10)8-20-6-5-18-15(20)19-14-12(16)3-2-4-13(14)17/h2-4,7,9H,5-6,8H2,1H3,(H,18,19). The van der Waals surface area contributed by atoms with Crippen molar-refractivity contribution in [2.45, 2.75) is 13.5 Å². The van der Waals surface area contributed by atoms with Crippen LogP contribution in [0.1, 0.15) is 10.4 Å². The Kier molecular flexibility index (Phi) is 4.38.